The Hall–Kier alpha value is -0.570. The van der Waals surface area contributed by atoms with Crippen molar-refractivity contribution in [3.05, 3.63) is 33.8 Å². The van der Waals surface area contributed by atoms with Crippen molar-refractivity contribution in [2.75, 3.05) is 20.1 Å². The van der Waals surface area contributed by atoms with Crippen molar-refractivity contribution in [3.8, 4) is 0 Å². The Balaban J connectivity index is 1.91. The molecule has 1 aromatic carbocycles. The molecule has 2 nitrogen and oxygen atoms in total. The number of likely N-dealkylation sites (N-methyl/N-ethyl adjacent to an activating group) is 1. The highest BCUT2D eigenvalue weighted by molar-refractivity contribution is 6.42. The fourth-order valence-corrected chi connectivity index (χ4v) is 2.48. The van der Waals surface area contributed by atoms with Gasteiger partial charge in [0.25, 0.3) is 0 Å². The predicted octanol–water partition coefficient (Wildman–Crippen LogP) is 3.91. The largest absolute Gasteiger partial charge is 0.299 e. The van der Waals surface area contributed by atoms with Gasteiger partial charge in [0.2, 0.25) is 0 Å². The summed E-state index contributed by atoms with van der Waals surface area (Å²) in [5.74, 6) is 0.868. The standard InChI is InChI=1S/C14H17Cl2NO/c1-17(8-10-3-2-4-10)9-14(18)11-5-6-12(15)13(16)7-11/h5-7,10H,2-4,8-9H2,1H3. The van der Waals surface area contributed by atoms with Gasteiger partial charge in [0.05, 0.1) is 16.6 Å². The van der Waals surface area contributed by atoms with E-state index in [2.05, 4.69) is 4.90 Å². The van der Waals surface area contributed by atoms with E-state index in [1.165, 1.54) is 19.3 Å². The van der Waals surface area contributed by atoms with E-state index in [1.807, 2.05) is 7.05 Å². The molecule has 1 aliphatic carbocycles. The van der Waals surface area contributed by atoms with Crippen LogP contribution in [-0.4, -0.2) is 30.8 Å². The Morgan fingerprint density at radius 3 is 2.61 bits per heavy atom. The van der Waals surface area contributed by atoms with Gasteiger partial charge in [-0.15, -0.1) is 0 Å². The van der Waals surface area contributed by atoms with Gasteiger partial charge in [-0.25, -0.2) is 0 Å². The van der Waals surface area contributed by atoms with Gasteiger partial charge in [-0.1, -0.05) is 29.6 Å². The Morgan fingerprint density at radius 2 is 2.06 bits per heavy atom. The second kappa shape index (κ2) is 6.05. The SMILES string of the molecule is CN(CC(=O)c1ccc(Cl)c(Cl)c1)CC1CCC1. The van der Waals surface area contributed by atoms with Crippen molar-refractivity contribution in [3.63, 3.8) is 0 Å². The molecule has 1 saturated carbocycles. The summed E-state index contributed by atoms with van der Waals surface area (Å²) in [5.41, 5.74) is 0.629. The number of hydrogen-bond acceptors (Lipinski definition) is 2. The monoisotopic (exact) mass is 285 g/mol. The Labute approximate surface area is 118 Å². The fourth-order valence-electron chi connectivity index (χ4n) is 2.19. The lowest BCUT2D eigenvalue weighted by molar-refractivity contribution is 0.0925. The highest BCUT2D eigenvalue weighted by Crippen LogP contribution is 2.27. The van der Waals surface area contributed by atoms with Gasteiger partial charge in [-0.2, -0.15) is 0 Å². The van der Waals surface area contributed by atoms with Crippen LogP contribution in [0.3, 0.4) is 0 Å². The number of halogens is 2. The maximum Gasteiger partial charge on any atom is 0.176 e. The smallest absolute Gasteiger partial charge is 0.176 e. The summed E-state index contributed by atoms with van der Waals surface area (Å²) in [4.78, 5) is 14.2. The van der Waals surface area contributed by atoms with Crippen molar-refractivity contribution in [2.45, 2.75) is 19.3 Å². The number of carbonyl (C=O) groups is 1. The van der Waals surface area contributed by atoms with E-state index in [4.69, 9.17) is 23.2 Å². The number of Topliss-reactive ketones (excluding diaryl/α,β-unsaturated/α-hetero) is 1. The molecule has 98 valence electrons. The molecule has 0 aliphatic heterocycles. The third-order valence-corrected chi connectivity index (χ3v) is 4.19. The van der Waals surface area contributed by atoms with Crippen LogP contribution in [0.5, 0.6) is 0 Å². The van der Waals surface area contributed by atoms with E-state index in [9.17, 15) is 4.79 Å². The summed E-state index contributed by atoms with van der Waals surface area (Å²) in [7, 11) is 1.99. The van der Waals surface area contributed by atoms with E-state index < -0.39 is 0 Å². The molecule has 4 heteroatoms. The van der Waals surface area contributed by atoms with Crippen LogP contribution in [-0.2, 0) is 0 Å². The first-order valence-electron chi connectivity index (χ1n) is 6.23. The second-order valence-corrected chi connectivity index (χ2v) is 5.86. The third kappa shape index (κ3) is 3.47. The summed E-state index contributed by atoms with van der Waals surface area (Å²) in [5, 5.41) is 0.917. The summed E-state index contributed by atoms with van der Waals surface area (Å²) in [6.07, 6.45) is 3.93. The molecule has 0 aromatic heterocycles. The molecule has 0 N–H and O–H groups in total. The zero-order chi connectivity index (χ0) is 13.1. The lowest BCUT2D eigenvalue weighted by Crippen LogP contribution is -2.33. The molecule has 0 unspecified atom stereocenters. The van der Waals surface area contributed by atoms with Crippen molar-refractivity contribution >= 4 is 29.0 Å². The third-order valence-electron chi connectivity index (χ3n) is 3.45. The van der Waals surface area contributed by atoms with Crippen LogP contribution in [0, 0.1) is 5.92 Å². The Kier molecular flexibility index (Phi) is 4.66. The molecule has 0 saturated heterocycles. The number of carbonyl (C=O) groups excluding carboxylic acids is 1. The molecule has 1 aliphatic rings. The van der Waals surface area contributed by atoms with Gasteiger partial charge in [0.15, 0.2) is 5.78 Å². The Bertz CT molecular complexity index is 443. The van der Waals surface area contributed by atoms with E-state index in [-0.39, 0.29) is 5.78 Å². The molecule has 1 aromatic rings. The van der Waals surface area contributed by atoms with Gasteiger partial charge < -0.3 is 0 Å². The lowest BCUT2D eigenvalue weighted by atomic mass is 9.85. The van der Waals surface area contributed by atoms with Gasteiger partial charge in [-0.3, -0.25) is 9.69 Å². The molecule has 0 amide bonds. The zero-order valence-corrected chi connectivity index (χ0v) is 12.0. The van der Waals surface area contributed by atoms with Crippen LogP contribution in [0.4, 0.5) is 0 Å². The highest BCUT2D eigenvalue weighted by Gasteiger charge is 2.20. The molecule has 0 atom stereocenters. The maximum atomic E-state index is 12.1. The molecule has 0 radical (unpaired) electrons. The highest BCUT2D eigenvalue weighted by atomic mass is 35.5. The maximum absolute atomic E-state index is 12.1. The molecule has 18 heavy (non-hydrogen) atoms. The summed E-state index contributed by atoms with van der Waals surface area (Å²) >= 11 is 11.7. The number of nitrogens with zero attached hydrogens (tertiary/aromatic N) is 1. The zero-order valence-electron chi connectivity index (χ0n) is 10.5. The molecule has 0 bridgehead atoms. The quantitative estimate of drug-likeness (QED) is 0.765. The van der Waals surface area contributed by atoms with Crippen molar-refractivity contribution in [1.82, 2.24) is 4.90 Å². The van der Waals surface area contributed by atoms with E-state index in [0.29, 0.717) is 22.2 Å². The van der Waals surface area contributed by atoms with Crippen LogP contribution >= 0.6 is 23.2 Å². The molecular weight excluding hydrogens is 269 g/mol. The first-order valence-corrected chi connectivity index (χ1v) is 6.98. The fraction of sp³-hybridized carbons (Fsp3) is 0.500. The van der Waals surface area contributed by atoms with Gasteiger partial charge >= 0.3 is 0 Å². The predicted molar refractivity (Wildman–Crippen MR) is 75.6 cm³/mol. The van der Waals surface area contributed by atoms with Crippen LogP contribution in [0.2, 0.25) is 10.0 Å². The van der Waals surface area contributed by atoms with Gasteiger partial charge in [0.1, 0.15) is 0 Å². The van der Waals surface area contributed by atoms with Crippen molar-refractivity contribution < 1.29 is 4.79 Å². The van der Waals surface area contributed by atoms with Gasteiger partial charge in [-0.05, 0) is 44.0 Å². The van der Waals surface area contributed by atoms with Crippen molar-refractivity contribution in [1.29, 1.82) is 0 Å². The lowest BCUT2D eigenvalue weighted by Gasteiger charge is -2.29. The normalized spacial score (nSPS) is 15.8. The van der Waals surface area contributed by atoms with Gasteiger partial charge in [0, 0.05) is 12.1 Å². The average molecular weight is 286 g/mol. The molecule has 2 rings (SSSR count). The molecule has 1 fully saturated rings. The minimum absolute atomic E-state index is 0.0930. The summed E-state index contributed by atoms with van der Waals surface area (Å²) in [6, 6.07) is 5.04. The Morgan fingerprint density at radius 1 is 1.33 bits per heavy atom. The topological polar surface area (TPSA) is 20.3 Å². The number of benzene rings is 1. The summed E-state index contributed by atoms with van der Waals surface area (Å²) < 4.78 is 0. The summed E-state index contributed by atoms with van der Waals surface area (Å²) in [6.45, 7) is 1.45. The number of ketones is 1. The van der Waals surface area contributed by atoms with Crippen molar-refractivity contribution in [2.24, 2.45) is 5.92 Å². The molecule has 0 heterocycles. The van der Waals surface area contributed by atoms with E-state index in [0.717, 1.165) is 12.5 Å². The van der Waals surface area contributed by atoms with Crippen LogP contribution in [0.1, 0.15) is 29.6 Å². The number of rotatable bonds is 5. The van der Waals surface area contributed by atoms with Crippen LogP contribution in [0.15, 0.2) is 18.2 Å². The number of hydrogen-bond donors (Lipinski definition) is 0. The molecule has 0 spiro atoms. The average Bonchev–Trinajstić information content (AvgIpc) is 2.27. The first kappa shape index (κ1) is 13.9. The van der Waals surface area contributed by atoms with E-state index in [1.54, 1.807) is 18.2 Å². The minimum atomic E-state index is 0.0930. The first-order chi connectivity index (χ1) is 8.56. The van der Waals surface area contributed by atoms with E-state index >= 15 is 0 Å². The van der Waals surface area contributed by atoms with Crippen LogP contribution < -0.4 is 0 Å². The second-order valence-electron chi connectivity index (χ2n) is 5.05. The molecular formula is C14H17Cl2NO. The van der Waals surface area contributed by atoms with Crippen LogP contribution in [0.25, 0.3) is 0 Å². The minimum Gasteiger partial charge on any atom is -0.299 e.